The van der Waals surface area contributed by atoms with Gasteiger partial charge in [0.05, 0.1) is 11.7 Å². The zero-order chi connectivity index (χ0) is 21.3. The maximum atomic E-state index is 13.0. The number of aryl methyl sites for hydroxylation is 1. The molecule has 2 amide bonds. The number of aromatic nitrogens is 2. The third-order valence-corrected chi connectivity index (χ3v) is 4.63. The molecule has 0 aliphatic rings. The standard InChI is InChI=1S/C21H30N4O3/c1-20(2,3)16-12-15(25(7)23-16)19(27)22-17(21(4,5)6)13-8-10-14(11-9-13)18(26)24-28/h8-12,17,28H,1-7H3,(H,22,27)(H,24,26). The molecule has 0 radical (unpaired) electrons. The summed E-state index contributed by atoms with van der Waals surface area (Å²) in [6.45, 7) is 12.3. The van der Waals surface area contributed by atoms with Crippen molar-refractivity contribution in [1.29, 1.82) is 0 Å². The second kappa shape index (κ2) is 7.75. The summed E-state index contributed by atoms with van der Waals surface area (Å²) in [5, 5.41) is 16.3. The molecule has 1 unspecified atom stereocenters. The van der Waals surface area contributed by atoms with Gasteiger partial charge in [0, 0.05) is 18.0 Å². The monoisotopic (exact) mass is 386 g/mol. The number of nitrogens with zero attached hydrogens (tertiary/aromatic N) is 2. The van der Waals surface area contributed by atoms with Crippen molar-refractivity contribution >= 4 is 11.8 Å². The summed E-state index contributed by atoms with van der Waals surface area (Å²) in [4.78, 5) is 24.5. The van der Waals surface area contributed by atoms with E-state index in [1.165, 1.54) is 0 Å². The second-order valence-corrected chi connectivity index (χ2v) is 9.12. The Morgan fingerprint density at radius 1 is 1.04 bits per heavy atom. The number of nitrogens with one attached hydrogen (secondary N) is 2. The Bertz CT molecular complexity index is 855. The van der Waals surface area contributed by atoms with Crippen LogP contribution in [0.25, 0.3) is 0 Å². The van der Waals surface area contributed by atoms with Crippen LogP contribution in [0.4, 0.5) is 0 Å². The van der Waals surface area contributed by atoms with Crippen molar-refractivity contribution in [1.82, 2.24) is 20.6 Å². The van der Waals surface area contributed by atoms with Crippen LogP contribution in [0.2, 0.25) is 0 Å². The summed E-state index contributed by atoms with van der Waals surface area (Å²) in [7, 11) is 1.76. The highest BCUT2D eigenvalue weighted by Crippen LogP contribution is 2.33. The summed E-state index contributed by atoms with van der Waals surface area (Å²) in [5.74, 6) is -0.782. The number of benzene rings is 1. The van der Waals surface area contributed by atoms with Crippen LogP contribution in [0.15, 0.2) is 30.3 Å². The molecule has 0 saturated carbocycles. The number of amides is 2. The number of hydroxylamine groups is 1. The molecular weight excluding hydrogens is 356 g/mol. The van der Waals surface area contributed by atoms with E-state index in [1.807, 2.05) is 26.8 Å². The minimum absolute atomic E-state index is 0.150. The second-order valence-electron chi connectivity index (χ2n) is 9.12. The van der Waals surface area contributed by atoms with Gasteiger partial charge in [0.2, 0.25) is 0 Å². The van der Waals surface area contributed by atoms with Gasteiger partial charge in [0.25, 0.3) is 11.8 Å². The summed E-state index contributed by atoms with van der Waals surface area (Å²) in [6.07, 6.45) is 0. The Hall–Kier alpha value is -2.67. The van der Waals surface area contributed by atoms with Crippen LogP contribution in [0.3, 0.4) is 0 Å². The fourth-order valence-electron chi connectivity index (χ4n) is 2.94. The van der Waals surface area contributed by atoms with E-state index in [-0.39, 0.29) is 22.8 Å². The molecule has 2 aromatic rings. The Kier molecular flexibility index (Phi) is 5.99. The zero-order valence-corrected chi connectivity index (χ0v) is 17.6. The molecule has 0 aliphatic heterocycles. The fraction of sp³-hybridized carbons (Fsp3) is 0.476. The molecule has 7 heteroatoms. The third kappa shape index (κ3) is 4.78. The fourth-order valence-corrected chi connectivity index (χ4v) is 2.94. The van der Waals surface area contributed by atoms with E-state index in [0.29, 0.717) is 11.3 Å². The molecular formula is C21H30N4O3. The van der Waals surface area contributed by atoms with E-state index in [1.54, 1.807) is 41.5 Å². The first-order valence-electron chi connectivity index (χ1n) is 9.24. The molecule has 0 aliphatic carbocycles. The molecule has 152 valence electrons. The van der Waals surface area contributed by atoms with Gasteiger partial charge in [-0.25, -0.2) is 5.48 Å². The van der Waals surface area contributed by atoms with Crippen LogP contribution < -0.4 is 10.8 Å². The number of hydrogen-bond acceptors (Lipinski definition) is 4. The van der Waals surface area contributed by atoms with Crippen LogP contribution in [0.5, 0.6) is 0 Å². The summed E-state index contributed by atoms with van der Waals surface area (Å²) in [5.41, 5.74) is 3.76. The lowest BCUT2D eigenvalue weighted by Gasteiger charge is -2.32. The molecule has 3 N–H and O–H groups in total. The first-order chi connectivity index (χ1) is 12.8. The molecule has 0 fully saturated rings. The van der Waals surface area contributed by atoms with Crippen LogP contribution in [0, 0.1) is 5.41 Å². The van der Waals surface area contributed by atoms with Gasteiger partial charge in [0.1, 0.15) is 5.69 Å². The van der Waals surface area contributed by atoms with Crippen molar-refractivity contribution in [3.63, 3.8) is 0 Å². The molecule has 28 heavy (non-hydrogen) atoms. The number of hydrogen-bond donors (Lipinski definition) is 3. The Balaban J connectivity index is 2.32. The Labute approximate surface area is 166 Å². The minimum Gasteiger partial charge on any atom is -0.343 e. The molecule has 0 saturated heterocycles. The molecule has 2 rings (SSSR count). The van der Waals surface area contributed by atoms with Crippen LogP contribution in [0.1, 0.15) is 79.7 Å². The lowest BCUT2D eigenvalue weighted by molar-refractivity contribution is 0.0706. The van der Waals surface area contributed by atoms with Crippen molar-refractivity contribution in [3.05, 3.63) is 52.8 Å². The third-order valence-electron chi connectivity index (χ3n) is 4.63. The largest absolute Gasteiger partial charge is 0.343 e. The summed E-state index contributed by atoms with van der Waals surface area (Å²) >= 11 is 0. The Morgan fingerprint density at radius 3 is 2.04 bits per heavy atom. The lowest BCUT2D eigenvalue weighted by Crippen LogP contribution is -2.37. The van der Waals surface area contributed by atoms with Gasteiger partial charge >= 0.3 is 0 Å². The molecule has 1 heterocycles. The topological polar surface area (TPSA) is 96.2 Å². The van der Waals surface area contributed by atoms with E-state index in [2.05, 4.69) is 31.2 Å². The van der Waals surface area contributed by atoms with Crippen LogP contribution in [-0.2, 0) is 12.5 Å². The van der Waals surface area contributed by atoms with Crippen molar-refractivity contribution in [3.8, 4) is 0 Å². The van der Waals surface area contributed by atoms with Gasteiger partial charge in [-0.05, 0) is 29.2 Å². The normalized spacial score (nSPS) is 13.1. The molecule has 0 bridgehead atoms. The van der Waals surface area contributed by atoms with Gasteiger partial charge in [-0.1, -0.05) is 53.7 Å². The van der Waals surface area contributed by atoms with E-state index in [9.17, 15) is 9.59 Å². The van der Waals surface area contributed by atoms with Crippen molar-refractivity contribution in [2.45, 2.75) is 53.0 Å². The summed E-state index contributed by atoms with van der Waals surface area (Å²) in [6, 6.07) is 8.35. The van der Waals surface area contributed by atoms with Gasteiger partial charge in [-0.15, -0.1) is 0 Å². The van der Waals surface area contributed by atoms with E-state index >= 15 is 0 Å². The molecule has 1 aromatic heterocycles. The van der Waals surface area contributed by atoms with Gasteiger partial charge in [-0.3, -0.25) is 19.5 Å². The smallest absolute Gasteiger partial charge is 0.274 e. The minimum atomic E-state index is -0.576. The number of carbonyl (C=O) groups excluding carboxylic acids is 2. The van der Waals surface area contributed by atoms with E-state index in [0.717, 1.165) is 11.3 Å². The van der Waals surface area contributed by atoms with Gasteiger partial charge in [0.15, 0.2) is 0 Å². The van der Waals surface area contributed by atoms with Crippen molar-refractivity contribution in [2.24, 2.45) is 12.5 Å². The molecule has 7 nitrogen and oxygen atoms in total. The first kappa shape index (κ1) is 21.6. The zero-order valence-electron chi connectivity index (χ0n) is 17.6. The average Bonchev–Trinajstić information content (AvgIpc) is 3.00. The predicted molar refractivity (Wildman–Crippen MR) is 107 cm³/mol. The molecule has 1 aromatic carbocycles. The summed E-state index contributed by atoms with van der Waals surface area (Å²) < 4.78 is 1.60. The maximum absolute atomic E-state index is 13.0. The Morgan fingerprint density at radius 2 is 1.61 bits per heavy atom. The van der Waals surface area contributed by atoms with Crippen molar-refractivity contribution < 1.29 is 14.8 Å². The number of rotatable bonds is 4. The molecule has 0 spiro atoms. The van der Waals surface area contributed by atoms with Gasteiger partial charge < -0.3 is 5.32 Å². The van der Waals surface area contributed by atoms with Crippen LogP contribution in [-0.4, -0.2) is 26.8 Å². The van der Waals surface area contributed by atoms with E-state index < -0.39 is 5.91 Å². The highest BCUT2D eigenvalue weighted by molar-refractivity contribution is 5.94. The van der Waals surface area contributed by atoms with E-state index in [4.69, 9.17) is 5.21 Å². The first-order valence-corrected chi connectivity index (χ1v) is 9.24. The lowest BCUT2D eigenvalue weighted by atomic mass is 9.82. The maximum Gasteiger partial charge on any atom is 0.274 e. The molecule has 1 atom stereocenters. The quantitative estimate of drug-likeness (QED) is 0.554. The SMILES string of the molecule is Cn1nc(C(C)(C)C)cc1C(=O)NC(c1ccc(C(=O)NO)cc1)C(C)(C)C. The van der Waals surface area contributed by atoms with Gasteiger partial charge in [-0.2, -0.15) is 5.10 Å². The van der Waals surface area contributed by atoms with Crippen LogP contribution >= 0.6 is 0 Å². The number of carbonyl (C=O) groups is 2. The highest BCUT2D eigenvalue weighted by Gasteiger charge is 2.30. The van der Waals surface area contributed by atoms with Crippen molar-refractivity contribution in [2.75, 3.05) is 0 Å². The highest BCUT2D eigenvalue weighted by atomic mass is 16.5. The predicted octanol–water partition coefficient (Wildman–Crippen LogP) is 3.35. The average molecular weight is 386 g/mol.